The van der Waals surface area contributed by atoms with E-state index in [1.165, 1.54) is 0 Å². The molecule has 8 heteroatoms. The Bertz CT molecular complexity index is 799. The van der Waals surface area contributed by atoms with E-state index in [0.717, 1.165) is 37.2 Å². The number of halogens is 1. The van der Waals surface area contributed by atoms with Crippen LogP contribution in [0.2, 0.25) is 5.02 Å². The van der Waals surface area contributed by atoms with Crippen LogP contribution in [-0.4, -0.2) is 85.1 Å². The maximum absolute atomic E-state index is 13.0. The molecule has 0 N–H and O–H groups in total. The number of hydrogen-bond acceptors (Lipinski definition) is 5. The summed E-state index contributed by atoms with van der Waals surface area (Å²) in [7, 11) is 0. The van der Waals surface area contributed by atoms with Crippen molar-refractivity contribution in [2.75, 3.05) is 52.5 Å². The van der Waals surface area contributed by atoms with E-state index in [-0.39, 0.29) is 23.8 Å². The average molecular weight is 450 g/mol. The van der Waals surface area contributed by atoms with Crippen LogP contribution in [0, 0.1) is 5.92 Å². The van der Waals surface area contributed by atoms with Gasteiger partial charge >= 0.3 is 0 Å². The summed E-state index contributed by atoms with van der Waals surface area (Å²) in [5, 5.41) is 0.692. The number of nitrogens with zero attached hydrogens (tertiary/aromatic N) is 3. The molecule has 0 saturated carbocycles. The Morgan fingerprint density at radius 3 is 2.74 bits per heavy atom. The van der Waals surface area contributed by atoms with Crippen LogP contribution in [0.25, 0.3) is 0 Å². The molecule has 3 aliphatic rings. The SMILES string of the molecule is C[C@@H]1CN(CCC(=O)N2CCC[C@H](C(=O)N3CCOCC3)C2)Cc2cc(Cl)ccc2O1. The summed E-state index contributed by atoms with van der Waals surface area (Å²) in [5.41, 5.74) is 1.05. The van der Waals surface area contributed by atoms with E-state index in [1.54, 1.807) is 0 Å². The summed E-state index contributed by atoms with van der Waals surface area (Å²) in [4.78, 5) is 31.8. The maximum Gasteiger partial charge on any atom is 0.227 e. The highest BCUT2D eigenvalue weighted by Crippen LogP contribution is 2.28. The molecule has 0 spiro atoms. The van der Waals surface area contributed by atoms with Gasteiger partial charge in [0.1, 0.15) is 11.9 Å². The minimum atomic E-state index is -0.0866. The highest BCUT2D eigenvalue weighted by Gasteiger charge is 2.32. The van der Waals surface area contributed by atoms with Gasteiger partial charge in [0.05, 0.1) is 19.1 Å². The van der Waals surface area contributed by atoms with Crippen molar-refractivity contribution < 1.29 is 19.1 Å². The molecule has 31 heavy (non-hydrogen) atoms. The molecule has 7 nitrogen and oxygen atoms in total. The fourth-order valence-electron chi connectivity index (χ4n) is 4.74. The highest BCUT2D eigenvalue weighted by atomic mass is 35.5. The van der Waals surface area contributed by atoms with Gasteiger partial charge in [-0.05, 0) is 38.0 Å². The van der Waals surface area contributed by atoms with E-state index in [0.29, 0.717) is 57.4 Å². The third-order valence-electron chi connectivity index (χ3n) is 6.35. The Balaban J connectivity index is 1.31. The second-order valence-electron chi connectivity index (χ2n) is 8.78. The lowest BCUT2D eigenvalue weighted by molar-refractivity contribution is -0.144. The molecule has 0 radical (unpaired) electrons. The van der Waals surface area contributed by atoms with Crippen LogP contribution in [0.15, 0.2) is 18.2 Å². The van der Waals surface area contributed by atoms with E-state index in [2.05, 4.69) is 4.90 Å². The Hall–Kier alpha value is -1.83. The number of likely N-dealkylation sites (tertiary alicyclic amines) is 1. The lowest BCUT2D eigenvalue weighted by Crippen LogP contribution is -2.49. The quantitative estimate of drug-likeness (QED) is 0.706. The molecule has 2 saturated heterocycles. The molecule has 2 fully saturated rings. The highest BCUT2D eigenvalue weighted by molar-refractivity contribution is 6.30. The zero-order chi connectivity index (χ0) is 21.8. The Morgan fingerprint density at radius 2 is 1.94 bits per heavy atom. The molecule has 3 heterocycles. The summed E-state index contributed by atoms with van der Waals surface area (Å²) < 4.78 is 11.4. The normalized spacial score (nSPS) is 24.8. The number of carbonyl (C=O) groups excluding carboxylic acids is 2. The predicted octanol–water partition coefficient (Wildman–Crippen LogP) is 2.41. The van der Waals surface area contributed by atoms with Gasteiger partial charge in [0.2, 0.25) is 11.8 Å². The summed E-state index contributed by atoms with van der Waals surface area (Å²) in [6.45, 7) is 7.98. The van der Waals surface area contributed by atoms with Gasteiger partial charge in [-0.3, -0.25) is 14.5 Å². The topological polar surface area (TPSA) is 62.3 Å². The number of ether oxygens (including phenoxy) is 2. The van der Waals surface area contributed by atoms with Gasteiger partial charge in [-0.25, -0.2) is 0 Å². The molecule has 0 unspecified atom stereocenters. The molecular formula is C23H32ClN3O4. The first kappa shape index (κ1) is 22.4. The zero-order valence-corrected chi connectivity index (χ0v) is 19.0. The van der Waals surface area contributed by atoms with Crippen LogP contribution in [0.1, 0.15) is 31.7 Å². The van der Waals surface area contributed by atoms with Crippen LogP contribution in [0.5, 0.6) is 5.75 Å². The van der Waals surface area contributed by atoms with Crippen molar-refractivity contribution in [2.24, 2.45) is 5.92 Å². The molecule has 0 bridgehead atoms. The third kappa shape index (κ3) is 5.70. The first-order valence-electron chi connectivity index (χ1n) is 11.3. The van der Waals surface area contributed by atoms with Crippen molar-refractivity contribution in [2.45, 2.75) is 38.8 Å². The smallest absolute Gasteiger partial charge is 0.227 e. The Labute approximate surface area is 189 Å². The van der Waals surface area contributed by atoms with E-state index in [1.807, 2.05) is 34.9 Å². The lowest BCUT2D eigenvalue weighted by atomic mass is 9.96. The average Bonchev–Trinajstić information content (AvgIpc) is 2.94. The molecular weight excluding hydrogens is 418 g/mol. The van der Waals surface area contributed by atoms with Gasteiger partial charge in [0, 0.05) is 62.8 Å². The number of rotatable bonds is 4. The zero-order valence-electron chi connectivity index (χ0n) is 18.2. The molecule has 1 aromatic carbocycles. The molecule has 2 amide bonds. The largest absolute Gasteiger partial charge is 0.489 e. The minimum absolute atomic E-state index is 0.0445. The van der Waals surface area contributed by atoms with Crippen LogP contribution in [0.3, 0.4) is 0 Å². The minimum Gasteiger partial charge on any atom is -0.489 e. The second kappa shape index (κ2) is 10.2. The van der Waals surface area contributed by atoms with Gasteiger partial charge in [0.25, 0.3) is 0 Å². The van der Waals surface area contributed by atoms with Gasteiger partial charge < -0.3 is 19.3 Å². The van der Waals surface area contributed by atoms with E-state index < -0.39 is 0 Å². The fourth-order valence-corrected chi connectivity index (χ4v) is 4.93. The summed E-state index contributed by atoms with van der Waals surface area (Å²) >= 11 is 6.17. The maximum atomic E-state index is 13.0. The number of benzene rings is 1. The molecule has 3 aliphatic heterocycles. The Kier molecular flexibility index (Phi) is 7.35. The first-order valence-corrected chi connectivity index (χ1v) is 11.7. The van der Waals surface area contributed by atoms with E-state index >= 15 is 0 Å². The van der Waals surface area contributed by atoms with Gasteiger partial charge in [0.15, 0.2) is 0 Å². The van der Waals surface area contributed by atoms with Gasteiger partial charge in [-0.1, -0.05) is 11.6 Å². The number of morpholine rings is 1. The van der Waals surface area contributed by atoms with Crippen LogP contribution in [0.4, 0.5) is 0 Å². The molecule has 0 aliphatic carbocycles. The third-order valence-corrected chi connectivity index (χ3v) is 6.58. The van der Waals surface area contributed by atoms with Crippen molar-refractivity contribution >= 4 is 23.4 Å². The van der Waals surface area contributed by atoms with Crippen molar-refractivity contribution in [1.29, 1.82) is 0 Å². The van der Waals surface area contributed by atoms with E-state index in [9.17, 15) is 9.59 Å². The number of hydrogen-bond donors (Lipinski definition) is 0. The summed E-state index contributed by atoms with van der Waals surface area (Å²) in [6.07, 6.45) is 2.23. The monoisotopic (exact) mass is 449 g/mol. The summed E-state index contributed by atoms with van der Waals surface area (Å²) in [5.74, 6) is 1.08. The van der Waals surface area contributed by atoms with Gasteiger partial charge in [-0.2, -0.15) is 0 Å². The van der Waals surface area contributed by atoms with Gasteiger partial charge in [-0.15, -0.1) is 0 Å². The lowest BCUT2D eigenvalue weighted by Gasteiger charge is -2.36. The fraction of sp³-hybridized carbons (Fsp3) is 0.652. The molecule has 0 aromatic heterocycles. The second-order valence-corrected chi connectivity index (χ2v) is 9.22. The molecule has 2 atom stereocenters. The molecule has 1 aromatic rings. The Morgan fingerprint density at radius 1 is 1.13 bits per heavy atom. The predicted molar refractivity (Wildman–Crippen MR) is 118 cm³/mol. The number of fused-ring (bicyclic) bond motifs is 1. The standard InChI is InChI=1S/C23H32ClN3O4/c1-17-14-25(15-19-13-20(24)4-5-21(19)31-17)8-6-22(28)27-7-2-3-18(16-27)23(29)26-9-11-30-12-10-26/h4-5,13,17-18H,2-3,6-12,14-16H2,1H3/t17-,18+/m1/s1. The van der Waals surface area contributed by atoms with Crippen molar-refractivity contribution in [3.8, 4) is 5.75 Å². The first-order chi connectivity index (χ1) is 15.0. The number of piperidine rings is 1. The van der Waals surface area contributed by atoms with Crippen molar-refractivity contribution in [3.63, 3.8) is 0 Å². The van der Waals surface area contributed by atoms with Crippen molar-refractivity contribution in [3.05, 3.63) is 28.8 Å². The number of carbonyl (C=O) groups is 2. The van der Waals surface area contributed by atoms with Crippen LogP contribution in [-0.2, 0) is 20.9 Å². The van der Waals surface area contributed by atoms with E-state index in [4.69, 9.17) is 21.1 Å². The van der Waals surface area contributed by atoms with Crippen molar-refractivity contribution in [1.82, 2.24) is 14.7 Å². The number of amides is 2. The summed E-state index contributed by atoms with van der Waals surface area (Å²) in [6, 6.07) is 5.70. The van der Waals surface area contributed by atoms with Crippen LogP contribution >= 0.6 is 11.6 Å². The molecule has 4 rings (SSSR count). The molecule has 170 valence electrons. The van der Waals surface area contributed by atoms with Crippen LogP contribution < -0.4 is 4.74 Å².